The monoisotopic (exact) mass is 199 g/mol. The van der Waals surface area contributed by atoms with Gasteiger partial charge >= 0.3 is 0 Å². The fourth-order valence-electron chi connectivity index (χ4n) is 1.33. The molecule has 2 rings (SSSR count). The van der Waals surface area contributed by atoms with Crippen molar-refractivity contribution in [2.24, 2.45) is 0 Å². The van der Waals surface area contributed by atoms with Crippen molar-refractivity contribution < 1.29 is 9.47 Å². The van der Waals surface area contributed by atoms with Gasteiger partial charge in [0.1, 0.15) is 0 Å². The van der Waals surface area contributed by atoms with E-state index in [1.807, 2.05) is 19.2 Å². The van der Waals surface area contributed by atoms with Crippen LogP contribution in [0.15, 0.2) is 12.1 Å². The number of ether oxygens (including phenoxy) is 2. The predicted octanol–water partition coefficient (Wildman–Crippen LogP) is 1.79. The van der Waals surface area contributed by atoms with Gasteiger partial charge in [-0.25, -0.2) is 0 Å². The molecule has 70 valence electrons. The van der Waals surface area contributed by atoms with Crippen molar-refractivity contribution in [1.29, 1.82) is 0 Å². The van der Waals surface area contributed by atoms with Gasteiger partial charge in [-0.1, -0.05) is 11.6 Å². The minimum absolute atomic E-state index is 0.262. The van der Waals surface area contributed by atoms with Crippen LogP contribution in [-0.2, 0) is 6.54 Å². The minimum atomic E-state index is 0.262. The number of hydrogen-bond donors (Lipinski definition) is 1. The third kappa shape index (κ3) is 1.57. The van der Waals surface area contributed by atoms with Crippen LogP contribution in [0, 0.1) is 0 Å². The molecular formula is C9H10ClNO2. The van der Waals surface area contributed by atoms with Gasteiger partial charge in [0.15, 0.2) is 11.5 Å². The van der Waals surface area contributed by atoms with Crippen LogP contribution in [-0.4, -0.2) is 13.8 Å². The lowest BCUT2D eigenvalue weighted by Crippen LogP contribution is -2.04. The number of nitrogens with one attached hydrogen (secondary N) is 1. The third-order valence-corrected chi connectivity index (χ3v) is 2.15. The Bertz CT molecular complexity index is 328. The second-order valence-corrected chi connectivity index (χ2v) is 3.25. The van der Waals surface area contributed by atoms with Crippen molar-refractivity contribution in [3.63, 3.8) is 0 Å². The average Bonchev–Trinajstić information content (AvgIpc) is 2.53. The SMILES string of the molecule is CNCc1cc(Cl)c2c(c1)OCO2. The number of halogens is 1. The molecule has 1 aromatic carbocycles. The molecule has 0 spiro atoms. The molecule has 0 fully saturated rings. The van der Waals surface area contributed by atoms with Crippen molar-refractivity contribution in [3.8, 4) is 11.5 Å². The highest BCUT2D eigenvalue weighted by Gasteiger charge is 2.17. The van der Waals surface area contributed by atoms with E-state index in [1.165, 1.54) is 0 Å². The molecule has 1 aliphatic rings. The zero-order chi connectivity index (χ0) is 9.26. The van der Waals surface area contributed by atoms with Gasteiger partial charge in [-0.2, -0.15) is 0 Å². The molecule has 0 unspecified atom stereocenters. The molecule has 0 atom stereocenters. The van der Waals surface area contributed by atoms with Gasteiger partial charge in [-0.05, 0) is 24.7 Å². The summed E-state index contributed by atoms with van der Waals surface area (Å²) >= 11 is 5.98. The Morgan fingerprint density at radius 1 is 1.46 bits per heavy atom. The van der Waals surface area contributed by atoms with Gasteiger partial charge in [-0.15, -0.1) is 0 Å². The van der Waals surface area contributed by atoms with Crippen molar-refractivity contribution >= 4 is 11.6 Å². The first-order valence-corrected chi connectivity index (χ1v) is 4.41. The average molecular weight is 200 g/mol. The van der Waals surface area contributed by atoms with Crippen LogP contribution in [0.3, 0.4) is 0 Å². The summed E-state index contributed by atoms with van der Waals surface area (Å²) in [6.45, 7) is 1.04. The molecule has 0 amide bonds. The Kier molecular flexibility index (Phi) is 2.29. The maximum Gasteiger partial charge on any atom is 0.231 e. The lowest BCUT2D eigenvalue weighted by molar-refractivity contribution is 0.174. The van der Waals surface area contributed by atoms with Crippen molar-refractivity contribution in [2.75, 3.05) is 13.8 Å². The first kappa shape index (κ1) is 8.66. The number of rotatable bonds is 2. The molecule has 0 saturated heterocycles. The van der Waals surface area contributed by atoms with E-state index in [-0.39, 0.29) is 6.79 Å². The van der Waals surface area contributed by atoms with Crippen LogP contribution in [0.5, 0.6) is 11.5 Å². The molecule has 3 nitrogen and oxygen atoms in total. The topological polar surface area (TPSA) is 30.5 Å². The van der Waals surface area contributed by atoms with Gasteiger partial charge in [0.05, 0.1) is 5.02 Å². The van der Waals surface area contributed by atoms with Crippen LogP contribution < -0.4 is 14.8 Å². The van der Waals surface area contributed by atoms with Crippen LogP contribution in [0.4, 0.5) is 0 Å². The van der Waals surface area contributed by atoms with Gasteiger partial charge in [0, 0.05) is 6.54 Å². The Morgan fingerprint density at radius 3 is 3.08 bits per heavy atom. The van der Waals surface area contributed by atoms with E-state index in [2.05, 4.69) is 5.32 Å². The molecule has 0 aliphatic carbocycles. The molecular weight excluding hydrogens is 190 g/mol. The van der Waals surface area contributed by atoms with E-state index < -0.39 is 0 Å². The second kappa shape index (κ2) is 3.44. The maximum atomic E-state index is 5.98. The maximum absolute atomic E-state index is 5.98. The summed E-state index contributed by atoms with van der Waals surface area (Å²) in [6, 6.07) is 3.82. The predicted molar refractivity (Wildman–Crippen MR) is 50.3 cm³/mol. The summed E-state index contributed by atoms with van der Waals surface area (Å²) < 4.78 is 10.4. The van der Waals surface area contributed by atoms with E-state index in [9.17, 15) is 0 Å². The van der Waals surface area contributed by atoms with Gasteiger partial charge < -0.3 is 14.8 Å². The Labute approximate surface area is 81.6 Å². The Morgan fingerprint density at radius 2 is 2.31 bits per heavy atom. The van der Waals surface area contributed by atoms with Crippen molar-refractivity contribution in [2.45, 2.75) is 6.54 Å². The molecule has 1 heterocycles. The van der Waals surface area contributed by atoms with E-state index in [4.69, 9.17) is 21.1 Å². The number of benzene rings is 1. The molecule has 1 aliphatic heterocycles. The van der Waals surface area contributed by atoms with Crippen LogP contribution in [0.1, 0.15) is 5.56 Å². The van der Waals surface area contributed by atoms with Crippen molar-refractivity contribution in [1.82, 2.24) is 5.32 Å². The van der Waals surface area contributed by atoms with Gasteiger partial charge in [-0.3, -0.25) is 0 Å². The third-order valence-electron chi connectivity index (χ3n) is 1.87. The lowest BCUT2D eigenvalue weighted by atomic mass is 10.2. The summed E-state index contributed by atoms with van der Waals surface area (Å²) in [7, 11) is 1.89. The molecule has 1 aromatic rings. The molecule has 13 heavy (non-hydrogen) atoms. The summed E-state index contributed by atoms with van der Waals surface area (Å²) in [4.78, 5) is 0. The summed E-state index contributed by atoms with van der Waals surface area (Å²) in [5, 5.41) is 3.66. The highest BCUT2D eigenvalue weighted by molar-refractivity contribution is 6.32. The second-order valence-electron chi connectivity index (χ2n) is 2.84. The van der Waals surface area contributed by atoms with Crippen LogP contribution >= 0.6 is 11.6 Å². The van der Waals surface area contributed by atoms with Crippen LogP contribution in [0.25, 0.3) is 0 Å². The minimum Gasteiger partial charge on any atom is -0.454 e. The van der Waals surface area contributed by atoms with Crippen molar-refractivity contribution in [3.05, 3.63) is 22.7 Å². The summed E-state index contributed by atoms with van der Waals surface area (Å²) in [6.07, 6.45) is 0. The smallest absolute Gasteiger partial charge is 0.231 e. The largest absolute Gasteiger partial charge is 0.454 e. The zero-order valence-corrected chi connectivity index (χ0v) is 8.02. The first-order valence-electron chi connectivity index (χ1n) is 4.04. The molecule has 0 aromatic heterocycles. The highest BCUT2D eigenvalue weighted by Crippen LogP contribution is 2.39. The van der Waals surface area contributed by atoms with E-state index in [1.54, 1.807) is 0 Å². The summed E-state index contributed by atoms with van der Waals surface area (Å²) in [5.74, 6) is 1.39. The zero-order valence-electron chi connectivity index (χ0n) is 7.26. The quantitative estimate of drug-likeness (QED) is 0.788. The fourth-order valence-corrected chi connectivity index (χ4v) is 1.61. The Balaban J connectivity index is 2.37. The molecule has 0 radical (unpaired) electrons. The van der Waals surface area contributed by atoms with E-state index >= 15 is 0 Å². The highest BCUT2D eigenvalue weighted by atomic mass is 35.5. The molecule has 0 saturated carbocycles. The molecule has 0 bridgehead atoms. The number of hydrogen-bond acceptors (Lipinski definition) is 3. The van der Waals surface area contributed by atoms with Gasteiger partial charge in [0.2, 0.25) is 6.79 Å². The van der Waals surface area contributed by atoms with Gasteiger partial charge in [0.25, 0.3) is 0 Å². The molecule has 1 N–H and O–H groups in total. The van der Waals surface area contributed by atoms with E-state index in [0.29, 0.717) is 10.8 Å². The standard InChI is InChI=1S/C9H10ClNO2/c1-11-4-6-2-7(10)9-8(3-6)12-5-13-9/h2-3,11H,4-5H2,1H3. The fraction of sp³-hybridized carbons (Fsp3) is 0.333. The van der Waals surface area contributed by atoms with E-state index in [0.717, 1.165) is 17.9 Å². The Hall–Kier alpha value is -0.930. The first-order chi connectivity index (χ1) is 6.31. The van der Waals surface area contributed by atoms with Crippen LogP contribution in [0.2, 0.25) is 5.02 Å². The normalized spacial score (nSPS) is 13.4. The summed E-state index contributed by atoms with van der Waals surface area (Å²) in [5.41, 5.74) is 1.09. The molecule has 4 heteroatoms. The number of fused-ring (bicyclic) bond motifs is 1. The lowest BCUT2D eigenvalue weighted by Gasteiger charge is -2.03.